The number of rotatable bonds is 2. The Hall–Kier alpha value is -1.41. The summed E-state index contributed by atoms with van der Waals surface area (Å²) in [5.74, 6) is -6.89. The summed E-state index contributed by atoms with van der Waals surface area (Å²) in [4.78, 5) is 21.8. The van der Waals surface area contributed by atoms with Gasteiger partial charge in [0.15, 0.2) is 0 Å². The Balaban J connectivity index is 2.05. The van der Waals surface area contributed by atoms with E-state index in [-0.39, 0.29) is 0 Å². The molecule has 0 aromatic carbocycles. The van der Waals surface area contributed by atoms with E-state index < -0.39 is 60.6 Å². The fourth-order valence-electron chi connectivity index (χ4n) is 3.11. The van der Waals surface area contributed by atoms with Gasteiger partial charge in [0.1, 0.15) is 5.54 Å². The van der Waals surface area contributed by atoms with Crippen molar-refractivity contribution in [1.82, 2.24) is 5.32 Å². The van der Waals surface area contributed by atoms with Crippen LogP contribution in [-0.4, -0.2) is 34.6 Å². The molecule has 0 aromatic rings. The summed E-state index contributed by atoms with van der Waals surface area (Å²) < 4.78 is 61.8. The topological polar surface area (TPSA) is 66.4 Å². The molecule has 1 spiro atoms. The third-order valence-electron chi connectivity index (χ3n) is 3.64. The van der Waals surface area contributed by atoms with Crippen molar-refractivity contribution in [2.24, 2.45) is 5.41 Å². The second-order valence-corrected chi connectivity index (χ2v) is 5.40. The van der Waals surface area contributed by atoms with Crippen LogP contribution in [0.15, 0.2) is 0 Å². The van der Waals surface area contributed by atoms with Crippen molar-refractivity contribution in [3.05, 3.63) is 0 Å². The third-order valence-corrected chi connectivity index (χ3v) is 3.64. The molecule has 0 heterocycles. The standard InChI is InChI=1S/C10H10F5NO3/c11-9(12)3-7(4-9)1-8(2-7,6(18)19)16-5(17)10(13,14)15/h1-4H2,(H,16,17)(H,18,19). The van der Waals surface area contributed by atoms with Gasteiger partial charge in [-0.05, 0) is 18.3 Å². The normalized spacial score (nSPS) is 26.2. The van der Waals surface area contributed by atoms with Crippen molar-refractivity contribution in [3.63, 3.8) is 0 Å². The minimum atomic E-state index is -5.20. The molecule has 2 aliphatic rings. The van der Waals surface area contributed by atoms with Crippen LogP contribution in [0.4, 0.5) is 22.0 Å². The van der Waals surface area contributed by atoms with Crippen molar-refractivity contribution < 1.29 is 36.6 Å². The second-order valence-electron chi connectivity index (χ2n) is 5.40. The van der Waals surface area contributed by atoms with Crippen molar-refractivity contribution >= 4 is 11.9 Å². The second kappa shape index (κ2) is 3.57. The number of hydrogen-bond donors (Lipinski definition) is 2. The molecule has 0 unspecified atom stereocenters. The van der Waals surface area contributed by atoms with Crippen LogP contribution in [0.25, 0.3) is 0 Å². The Morgan fingerprint density at radius 2 is 1.53 bits per heavy atom. The van der Waals surface area contributed by atoms with E-state index in [1.165, 1.54) is 5.32 Å². The predicted octanol–water partition coefficient (Wildman–Crippen LogP) is 1.70. The average Bonchev–Trinajstić information content (AvgIpc) is 2.09. The highest BCUT2D eigenvalue weighted by molar-refractivity contribution is 5.90. The van der Waals surface area contributed by atoms with Gasteiger partial charge in [-0.3, -0.25) is 4.79 Å². The molecule has 9 heteroatoms. The maximum atomic E-state index is 12.7. The molecule has 0 bridgehead atoms. The van der Waals surface area contributed by atoms with Crippen molar-refractivity contribution in [3.8, 4) is 0 Å². The summed E-state index contributed by atoms with van der Waals surface area (Å²) >= 11 is 0. The van der Waals surface area contributed by atoms with Crippen molar-refractivity contribution in [1.29, 1.82) is 0 Å². The predicted molar refractivity (Wildman–Crippen MR) is 50.4 cm³/mol. The van der Waals surface area contributed by atoms with E-state index in [4.69, 9.17) is 5.11 Å². The minimum absolute atomic E-state index is 0.396. The molecule has 108 valence electrons. The molecule has 0 saturated heterocycles. The molecular formula is C10H10F5NO3. The van der Waals surface area contributed by atoms with Gasteiger partial charge in [-0.1, -0.05) is 0 Å². The number of hydrogen-bond acceptors (Lipinski definition) is 2. The van der Waals surface area contributed by atoms with Crippen molar-refractivity contribution in [2.75, 3.05) is 0 Å². The first-order valence-corrected chi connectivity index (χ1v) is 5.41. The van der Waals surface area contributed by atoms with E-state index in [9.17, 15) is 31.5 Å². The number of aliphatic carboxylic acids is 1. The summed E-state index contributed by atoms with van der Waals surface area (Å²) in [5, 5.41) is 10.3. The van der Waals surface area contributed by atoms with Gasteiger partial charge in [0.25, 0.3) is 0 Å². The Morgan fingerprint density at radius 1 is 1.05 bits per heavy atom. The fourth-order valence-corrected chi connectivity index (χ4v) is 3.11. The highest BCUT2D eigenvalue weighted by Gasteiger charge is 2.70. The molecule has 2 N–H and O–H groups in total. The quantitative estimate of drug-likeness (QED) is 0.760. The van der Waals surface area contributed by atoms with Gasteiger partial charge in [-0.2, -0.15) is 13.2 Å². The summed E-state index contributed by atoms with van der Waals surface area (Å²) in [5.41, 5.74) is -3.04. The Kier molecular flexibility index (Phi) is 2.63. The van der Waals surface area contributed by atoms with E-state index in [1.54, 1.807) is 0 Å². The van der Waals surface area contributed by atoms with E-state index in [0.717, 1.165) is 0 Å². The van der Waals surface area contributed by atoms with Gasteiger partial charge in [-0.15, -0.1) is 0 Å². The minimum Gasteiger partial charge on any atom is -0.480 e. The number of nitrogens with one attached hydrogen (secondary N) is 1. The summed E-state index contributed by atoms with van der Waals surface area (Å²) in [6.45, 7) is 0. The van der Waals surface area contributed by atoms with Crippen LogP contribution in [0.5, 0.6) is 0 Å². The third kappa shape index (κ3) is 2.25. The first-order chi connectivity index (χ1) is 8.40. The van der Waals surface area contributed by atoms with Crippen LogP contribution in [-0.2, 0) is 9.59 Å². The Bertz CT molecular complexity index is 429. The molecule has 2 aliphatic carbocycles. The Labute approximate surface area is 104 Å². The van der Waals surface area contributed by atoms with Crippen LogP contribution in [0, 0.1) is 5.41 Å². The maximum absolute atomic E-state index is 12.7. The largest absolute Gasteiger partial charge is 0.480 e. The van der Waals surface area contributed by atoms with E-state index in [0.29, 0.717) is 0 Å². The van der Waals surface area contributed by atoms with Crippen LogP contribution in [0.3, 0.4) is 0 Å². The SMILES string of the molecule is O=C(NC1(C(=O)O)CC2(CC(F)(F)C2)C1)C(F)(F)F. The maximum Gasteiger partial charge on any atom is 0.471 e. The number of halogens is 5. The number of carbonyl (C=O) groups excluding carboxylic acids is 1. The smallest absolute Gasteiger partial charge is 0.471 e. The summed E-state index contributed by atoms with van der Waals surface area (Å²) in [6.07, 6.45) is -7.08. The molecule has 4 nitrogen and oxygen atoms in total. The molecule has 2 rings (SSSR count). The highest BCUT2D eigenvalue weighted by atomic mass is 19.4. The number of alkyl halides is 5. The molecule has 1 amide bonds. The zero-order valence-corrected chi connectivity index (χ0v) is 9.48. The first kappa shape index (κ1) is 14.0. The number of carbonyl (C=O) groups is 2. The van der Waals surface area contributed by atoms with Gasteiger partial charge in [0, 0.05) is 12.8 Å². The average molecular weight is 287 g/mol. The first-order valence-electron chi connectivity index (χ1n) is 5.41. The van der Waals surface area contributed by atoms with Crippen LogP contribution in [0.1, 0.15) is 25.7 Å². The molecular weight excluding hydrogens is 277 g/mol. The summed E-state index contributed by atoms with van der Waals surface area (Å²) in [6, 6.07) is 0. The van der Waals surface area contributed by atoms with Crippen LogP contribution < -0.4 is 5.32 Å². The monoisotopic (exact) mass is 287 g/mol. The lowest BCUT2D eigenvalue weighted by Gasteiger charge is -2.61. The van der Waals surface area contributed by atoms with Gasteiger partial charge in [0.2, 0.25) is 5.92 Å². The lowest BCUT2D eigenvalue weighted by molar-refractivity contribution is -0.225. The van der Waals surface area contributed by atoms with Crippen molar-refractivity contribution in [2.45, 2.75) is 43.3 Å². The fraction of sp³-hybridized carbons (Fsp3) is 0.800. The summed E-state index contributed by atoms with van der Waals surface area (Å²) in [7, 11) is 0. The van der Waals surface area contributed by atoms with E-state index in [1.807, 2.05) is 0 Å². The molecule has 0 aromatic heterocycles. The number of carboxylic acid groups (broad SMARTS) is 1. The highest BCUT2D eigenvalue weighted by Crippen LogP contribution is 2.65. The lowest BCUT2D eigenvalue weighted by Crippen LogP contribution is -2.71. The molecule has 2 fully saturated rings. The van der Waals surface area contributed by atoms with Crippen LogP contribution >= 0.6 is 0 Å². The molecule has 0 aliphatic heterocycles. The molecule has 19 heavy (non-hydrogen) atoms. The number of amides is 1. The van der Waals surface area contributed by atoms with Gasteiger partial charge >= 0.3 is 18.1 Å². The van der Waals surface area contributed by atoms with E-state index in [2.05, 4.69) is 0 Å². The zero-order chi connectivity index (χ0) is 14.7. The van der Waals surface area contributed by atoms with Gasteiger partial charge in [-0.25, -0.2) is 13.6 Å². The molecule has 0 radical (unpaired) electrons. The molecule has 2 saturated carbocycles. The Morgan fingerprint density at radius 3 is 1.84 bits per heavy atom. The molecule has 0 atom stereocenters. The number of carboxylic acids is 1. The lowest BCUT2D eigenvalue weighted by atomic mass is 9.47. The zero-order valence-electron chi connectivity index (χ0n) is 9.48. The van der Waals surface area contributed by atoms with E-state index >= 15 is 0 Å². The van der Waals surface area contributed by atoms with Gasteiger partial charge in [0.05, 0.1) is 0 Å². The van der Waals surface area contributed by atoms with Gasteiger partial charge < -0.3 is 10.4 Å². The van der Waals surface area contributed by atoms with Crippen LogP contribution in [0.2, 0.25) is 0 Å².